The van der Waals surface area contributed by atoms with Crippen LogP contribution in [0.4, 0.5) is 8.78 Å². The predicted octanol–water partition coefficient (Wildman–Crippen LogP) is 3.13. The van der Waals surface area contributed by atoms with Gasteiger partial charge in [0.15, 0.2) is 5.69 Å². The molecule has 1 aliphatic heterocycles. The minimum absolute atomic E-state index is 0.235. The minimum atomic E-state index is -3.03. The molecule has 1 unspecified atom stereocenters. The molecule has 5 heterocycles. The summed E-state index contributed by atoms with van der Waals surface area (Å²) in [4.78, 5) is 26.0. The van der Waals surface area contributed by atoms with E-state index in [0.29, 0.717) is 17.8 Å². The number of hydrogen-bond donors (Lipinski definition) is 2. The number of oxazole rings is 1. The number of pyridine rings is 1. The van der Waals surface area contributed by atoms with Crippen molar-refractivity contribution < 1.29 is 23.1 Å². The van der Waals surface area contributed by atoms with E-state index in [9.17, 15) is 18.7 Å². The van der Waals surface area contributed by atoms with Gasteiger partial charge in [-0.25, -0.2) is 23.3 Å². The summed E-state index contributed by atoms with van der Waals surface area (Å²) >= 11 is 0. The van der Waals surface area contributed by atoms with Crippen LogP contribution < -0.4 is 0 Å². The first kappa shape index (κ1) is 20.3. The summed E-state index contributed by atoms with van der Waals surface area (Å²) in [6.07, 6.45) is -2.26. The van der Waals surface area contributed by atoms with Crippen LogP contribution in [0.1, 0.15) is 70.4 Å². The number of aromatic amines is 1. The van der Waals surface area contributed by atoms with Crippen LogP contribution in [0, 0.1) is 6.92 Å². The van der Waals surface area contributed by atoms with Crippen LogP contribution in [-0.4, -0.2) is 47.0 Å². The van der Waals surface area contributed by atoms with Crippen molar-refractivity contribution in [2.75, 3.05) is 6.54 Å². The molecule has 4 aromatic rings. The quantitative estimate of drug-likeness (QED) is 0.502. The number of fused-ring (bicyclic) bond motifs is 2. The highest BCUT2D eigenvalue weighted by Gasteiger charge is 2.40. The van der Waals surface area contributed by atoms with E-state index >= 15 is 0 Å². The topological polar surface area (TPSA) is 113 Å². The van der Waals surface area contributed by atoms with Crippen LogP contribution in [0.15, 0.2) is 35.0 Å². The standard InChI is InChI=1S/C21H20F2N6O3/c1-10-4-3-5-12-8-14(27-29(10)12)17-15-13(24-9-25-15)6-7-28(17)21(31)18-16(19(22)23)26-20(32-18)11(2)30/h3-5,8-9,11,17,19,30H,6-7H2,1-2H3,(H,24,25)/t11?,17-/m0/s1. The highest BCUT2D eigenvalue weighted by Crippen LogP contribution is 2.36. The Balaban J connectivity index is 1.63. The second-order valence-corrected chi connectivity index (χ2v) is 7.73. The van der Waals surface area contributed by atoms with Gasteiger partial charge in [0, 0.05) is 24.4 Å². The van der Waals surface area contributed by atoms with Crippen molar-refractivity contribution in [2.24, 2.45) is 0 Å². The van der Waals surface area contributed by atoms with E-state index in [-0.39, 0.29) is 12.4 Å². The van der Waals surface area contributed by atoms with E-state index in [1.807, 2.05) is 31.2 Å². The number of alkyl halides is 2. The van der Waals surface area contributed by atoms with Gasteiger partial charge < -0.3 is 19.4 Å². The summed E-state index contributed by atoms with van der Waals surface area (Å²) in [6, 6.07) is 6.85. The molecule has 0 fully saturated rings. The van der Waals surface area contributed by atoms with Crippen LogP contribution in [0.25, 0.3) is 5.52 Å². The number of carbonyl (C=O) groups excluding carboxylic acids is 1. The Morgan fingerprint density at radius 2 is 2.19 bits per heavy atom. The SMILES string of the molecule is Cc1cccc2cc([C@H]3c4nc[nH]c4CCN3C(=O)c3oc(C(C)O)nc3C(F)F)nn12. The highest BCUT2D eigenvalue weighted by molar-refractivity contribution is 5.93. The third-order valence-corrected chi connectivity index (χ3v) is 5.59. The fourth-order valence-corrected chi connectivity index (χ4v) is 4.06. The number of aliphatic hydroxyl groups excluding tert-OH is 1. The third-order valence-electron chi connectivity index (χ3n) is 5.59. The molecule has 0 spiro atoms. The minimum Gasteiger partial charge on any atom is -0.432 e. The Morgan fingerprint density at radius 3 is 2.91 bits per heavy atom. The lowest BCUT2D eigenvalue weighted by Crippen LogP contribution is -2.41. The molecule has 2 N–H and O–H groups in total. The maximum atomic E-state index is 13.6. The zero-order valence-corrected chi connectivity index (χ0v) is 17.3. The molecule has 0 radical (unpaired) electrons. The Hall–Kier alpha value is -3.60. The number of nitrogens with zero attached hydrogens (tertiary/aromatic N) is 5. The summed E-state index contributed by atoms with van der Waals surface area (Å²) in [7, 11) is 0. The van der Waals surface area contributed by atoms with Crippen molar-refractivity contribution in [2.45, 2.75) is 38.8 Å². The molecule has 0 saturated heterocycles. The van der Waals surface area contributed by atoms with E-state index < -0.39 is 35.9 Å². The van der Waals surface area contributed by atoms with Gasteiger partial charge in [0.25, 0.3) is 12.3 Å². The van der Waals surface area contributed by atoms with Gasteiger partial charge in [-0.2, -0.15) is 5.10 Å². The smallest absolute Gasteiger partial charge is 0.292 e. The van der Waals surface area contributed by atoms with E-state index in [1.54, 1.807) is 4.52 Å². The zero-order valence-electron chi connectivity index (χ0n) is 17.3. The molecule has 0 aliphatic carbocycles. The lowest BCUT2D eigenvalue weighted by molar-refractivity contribution is 0.0631. The Bertz CT molecular complexity index is 1310. The molecule has 9 nitrogen and oxygen atoms in total. The van der Waals surface area contributed by atoms with Crippen LogP contribution in [0.2, 0.25) is 0 Å². The number of rotatable bonds is 4. The number of aromatic nitrogens is 5. The Kier molecular flexibility index (Phi) is 4.77. The molecule has 0 saturated carbocycles. The first-order chi connectivity index (χ1) is 15.3. The first-order valence-electron chi connectivity index (χ1n) is 10.1. The van der Waals surface area contributed by atoms with Crippen molar-refractivity contribution >= 4 is 11.4 Å². The van der Waals surface area contributed by atoms with Gasteiger partial charge in [0.2, 0.25) is 11.7 Å². The molecule has 4 aromatic heterocycles. The number of amides is 1. The van der Waals surface area contributed by atoms with Gasteiger partial charge in [0.05, 0.1) is 23.2 Å². The van der Waals surface area contributed by atoms with Crippen molar-refractivity contribution in [3.05, 3.63) is 70.7 Å². The van der Waals surface area contributed by atoms with Crippen molar-refractivity contribution in [1.82, 2.24) is 29.5 Å². The summed E-state index contributed by atoms with van der Waals surface area (Å²) < 4.78 is 34.3. The van der Waals surface area contributed by atoms with E-state index in [1.165, 1.54) is 18.2 Å². The fraction of sp³-hybridized carbons (Fsp3) is 0.333. The van der Waals surface area contributed by atoms with E-state index in [0.717, 1.165) is 16.9 Å². The van der Waals surface area contributed by atoms with Gasteiger partial charge in [-0.3, -0.25) is 4.79 Å². The maximum absolute atomic E-state index is 13.6. The van der Waals surface area contributed by atoms with Crippen LogP contribution >= 0.6 is 0 Å². The second kappa shape index (κ2) is 7.52. The molecule has 11 heteroatoms. The molecule has 0 aromatic carbocycles. The summed E-state index contributed by atoms with van der Waals surface area (Å²) in [5.74, 6) is -1.67. The molecule has 1 amide bonds. The number of aliphatic hydroxyl groups is 1. The summed E-state index contributed by atoms with van der Waals surface area (Å²) in [5.41, 5.74) is 2.95. The summed E-state index contributed by atoms with van der Waals surface area (Å²) in [6.45, 7) is 3.47. The van der Waals surface area contributed by atoms with Gasteiger partial charge >= 0.3 is 0 Å². The predicted molar refractivity (Wildman–Crippen MR) is 107 cm³/mol. The van der Waals surface area contributed by atoms with Gasteiger partial charge in [-0.1, -0.05) is 6.07 Å². The monoisotopic (exact) mass is 442 g/mol. The lowest BCUT2D eigenvalue weighted by Gasteiger charge is -2.33. The first-order valence-corrected chi connectivity index (χ1v) is 10.1. The second-order valence-electron chi connectivity index (χ2n) is 7.73. The average Bonchev–Trinajstić information content (AvgIpc) is 3.49. The normalized spacial score (nSPS) is 17.2. The van der Waals surface area contributed by atoms with Gasteiger partial charge in [0.1, 0.15) is 12.1 Å². The molecule has 32 heavy (non-hydrogen) atoms. The van der Waals surface area contributed by atoms with Crippen LogP contribution in [-0.2, 0) is 6.42 Å². The number of imidazole rings is 1. The molecule has 2 atom stereocenters. The average molecular weight is 442 g/mol. The zero-order chi connectivity index (χ0) is 22.6. The summed E-state index contributed by atoms with van der Waals surface area (Å²) in [5, 5.41) is 14.4. The largest absolute Gasteiger partial charge is 0.432 e. The molecular weight excluding hydrogens is 422 g/mol. The number of carbonyl (C=O) groups is 1. The Labute approximate surface area is 180 Å². The van der Waals surface area contributed by atoms with E-state index in [4.69, 9.17) is 4.42 Å². The molecule has 166 valence electrons. The highest BCUT2D eigenvalue weighted by atomic mass is 19.3. The van der Waals surface area contributed by atoms with Gasteiger partial charge in [-0.05, 0) is 32.0 Å². The number of nitrogens with one attached hydrogen (secondary N) is 1. The maximum Gasteiger partial charge on any atom is 0.292 e. The molecule has 0 bridgehead atoms. The Morgan fingerprint density at radius 1 is 1.38 bits per heavy atom. The number of hydrogen-bond acceptors (Lipinski definition) is 6. The van der Waals surface area contributed by atoms with Crippen molar-refractivity contribution in [3.63, 3.8) is 0 Å². The van der Waals surface area contributed by atoms with Crippen LogP contribution in [0.3, 0.4) is 0 Å². The number of H-pyrrole nitrogens is 1. The third kappa shape index (κ3) is 3.16. The number of halogens is 2. The van der Waals surface area contributed by atoms with Crippen LogP contribution in [0.5, 0.6) is 0 Å². The molecule has 1 aliphatic rings. The lowest BCUT2D eigenvalue weighted by atomic mass is 9.99. The van der Waals surface area contributed by atoms with Gasteiger partial charge in [-0.15, -0.1) is 0 Å². The van der Waals surface area contributed by atoms with Crippen molar-refractivity contribution in [1.29, 1.82) is 0 Å². The molecular formula is C21H20F2N6O3. The number of aryl methyl sites for hydroxylation is 1. The van der Waals surface area contributed by atoms with Crippen molar-refractivity contribution in [3.8, 4) is 0 Å². The molecule has 5 rings (SSSR count). The fourth-order valence-electron chi connectivity index (χ4n) is 4.06. The van der Waals surface area contributed by atoms with E-state index in [2.05, 4.69) is 20.1 Å².